The number of rotatable bonds is 2. The number of carboxylic acids is 1. The van der Waals surface area contributed by atoms with Crippen molar-refractivity contribution in [2.24, 2.45) is 0 Å². The third-order valence-electron chi connectivity index (χ3n) is 4.46. The molecule has 0 bridgehead atoms. The maximum atomic E-state index is 12.9. The standard InChI is InChI=1S/C15H19N3O4/c1-17-8-4-15(5-9-17)18(12(10-22-15)14(20)21)13(19)11-2-6-16-7-3-11/h2-3,6-7,12H,4-5,8-10H2,1H3,(H,20,21)/t12-/m1/s1. The normalized spacial score (nSPS) is 24.6. The van der Waals surface area contributed by atoms with Gasteiger partial charge in [-0.25, -0.2) is 4.79 Å². The number of nitrogens with zero attached hydrogens (tertiary/aromatic N) is 3. The smallest absolute Gasteiger partial charge is 0.328 e. The van der Waals surface area contributed by atoms with Crippen molar-refractivity contribution in [3.05, 3.63) is 30.1 Å². The molecule has 2 saturated heterocycles. The molecule has 2 aliphatic rings. The van der Waals surface area contributed by atoms with Crippen LogP contribution < -0.4 is 0 Å². The lowest BCUT2D eigenvalue weighted by Gasteiger charge is -2.43. The molecule has 1 aromatic rings. The van der Waals surface area contributed by atoms with Crippen molar-refractivity contribution < 1.29 is 19.4 Å². The fourth-order valence-electron chi connectivity index (χ4n) is 3.16. The molecule has 0 aromatic carbocycles. The van der Waals surface area contributed by atoms with Gasteiger partial charge in [0.2, 0.25) is 0 Å². The summed E-state index contributed by atoms with van der Waals surface area (Å²) in [6.07, 6.45) is 4.29. The van der Waals surface area contributed by atoms with Crippen molar-refractivity contribution in [2.75, 3.05) is 26.7 Å². The molecule has 7 nitrogen and oxygen atoms in total. The third-order valence-corrected chi connectivity index (χ3v) is 4.46. The Hall–Kier alpha value is -1.99. The molecule has 0 radical (unpaired) electrons. The van der Waals surface area contributed by atoms with Gasteiger partial charge in [0.05, 0.1) is 6.61 Å². The van der Waals surface area contributed by atoms with E-state index in [9.17, 15) is 14.7 Å². The van der Waals surface area contributed by atoms with Crippen LogP contribution in [-0.2, 0) is 9.53 Å². The second-order valence-electron chi connectivity index (χ2n) is 5.83. The number of carbonyl (C=O) groups is 2. The van der Waals surface area contributed by atoms with Crippen molar-refractivity contribution >= 4 is 11.9 Å². The van der Waals surface area contributed by atoms with Crippen LogP contribution >= 0.6 is 0 Å². The highest BCUT2D eigenvalue weighted by Gasteiger charge is 2.53. The maximum Gasteiger partial charge on any atom is 0.328 e. The zero-order valence-corrected chi connectivity index (χ0v) is 12.4. The number of likely N-dealkylation sites (tertiary alicyclic amines) is 1. The quantitative estimate of drug-likeness (QED) is 0.853. The van der Waals surface area contributed by atoms with Crippen molar-refractivity contribution in [3.63, 3.8) is 0 Å². The molecule has 0 saturated carbocycles. The van der Waals surface area contributed by atoms with Crippen LogP contribution in [0.5, 0.6) is 0 Å². The van der Waals surface area contributed by atoms with Gasteiger partial charge in [0, 0.05) is 43.9 Å². The molecule has 1 N–H and O–H groups in total. The first-order valence-corrected chi connectivity index (χ1v) is 7.32. The second kappa shape index (κ2) is 5.66. The number of carbonyl (C=O) groups excluding carboxylic acids is 1. The average Bonchev–Trinajstić information content (AvgIpc) is 2.90. The molecule has 3 heterocycles. The van der Waals surface area contributed by atoms with Gasteiger partial charge in [-0.2, -0.15) is 0 Å². The molecule has 3 rings (SSSR count). The number of hydrogen-bond donors (Lipinski definition) is 1. The first-order valence-electron chi connectivity index (χ1n) is 7.32. The first kappa shape index (κ1) is 14.9. The molecule has 22 heavy (non-hydrogen) atoms. The van der Waals surface area contributed by atoms with Gasteiger partial charge in [-0.3, -0.25) is 14.7 Å². The van der Waals surface area contributed by atoms with Gasteiger partial charge in [0.25, 0.3) is 5.91 Å². The number of hydrogen-bond acceptors (Lipinski definition) is 5. The molecule has 7 heteroatoms. The van der Waals surface area contributed by atoms with Crippen LogP contribution in [0.25, 0.3) is 0 Å². The van der Waals surface area contributed by atoms with E-state index in [0.717, 1.165) is 13.1 Å². The summed E-state index contributed by atoms with van der Waals surface area (Å²) in [6.45, 7) is 1.58. The number of pyridine rings is 1. The number of piperidine rings is 1. The zero-order valence-electron chi connectivity index (χ0n) is 12.4. The van der Waals surface area contributed by atoms with Gasteiger partial charge >= 0.3 is 5.97 Å². The van der Waals surface area contributed by atoms with Gasteiger partial charge in [0.1, 0.15) is 5.72 Å². The highest BCUT2D eigenvalue weighted by Crippen LogP contribution is 2.38. The van der Waals surface area contributed by atoms with E-state index >= 15 is 0 Å². The van der Waals surface area contributed by atoms with Gasteiger partial charge in [-0.05, 0) is 19.2 Å². The molecule has 1 atom stereocenters. The summed E-state index contributed by atoms with van der Waals surface area (Å²) in [7, 11) is 2.01. The van der Waals surface area contributed by atoms with Crippen LogP contribution in [-0.4, -0.2) is 70.3 Å². The Labute approximate surface area is 128 Å². The Morgan fingerprint density at radius 2 is 1.95 bits per heavy atom. The molecular weight excluding hydrogens is 286 g/mol. The highest BCUT2D eigenvalue weighted by molar-refractivity contribution is 5.97. The molecule has 2 aliphatic heterocycles. The third kappa shape index (κ3) is 2.46. The molecule has 2 fully saturated rings. The summed E-state index contributed by atoms with van der Waals surface area (Å²) in [6, 6.07) is 2.26. The molecule has 1 aromatic heterocycles. The zero-order chi connectivity index (χ0) is 15.7. The van der Waals surface area contributed by atoms with Crippen LogP contribution in [0.2, 0.25) is 0 Å². The van der Waals surface area contributed by atoms with E-state index < -0.39 is 17.7 Å². The number of carboxylic acid groups (broad SMARTS) is 1. The lowest BCUT2D eigenvalue weighted by molar-refractivity contribution is -0.143. The predicted octanol–water partition coefficient (Wildman–Crippen LogP) is 0.429. The number of aliphatic carboxylic acids is 1. The fourth-order valence-corrected chi connectivity index (χ4v) is 3.16. The minimum Gasteiger partial charge on any atom is -0.480 e. The summed E-state index contributed by atoms with van der Waals surface area (Å²) in [5, 5.41) is 9.45. The topological polar surface area (TPSA) is 83.0 Å². The molecule has 0 aliphatic carbocycles. The average molecular weight is 305 g/mol. The summed E-state index contributed by atoms with van der Waals surface area (Å²) in [5.41, 5.74) is -0.374. The largest absolute Gasteiger partial charge is 0.480 e. The lowest BCUT2D eigenvalue weighted by atomic mass is 9.97. The van der Waals surface area contributed by atoms with Crippen LogP contribution in [0.4, 0.5) is 0 Å². The van der Waals surface area contributed by atoms with Gasteiger partial charge in [-0.15, -0.1) is 0 Å². The van der Waals surface area contributed by atoms with Gasteiger partial charge in [-0.1, -0.05) is 0 Å². The maximum absolute atomic E-state index is 12.9. The van der Waals surface area contributed by atoms with Crippen LogP contribution in [0, 0.1) is 0 Å². The summed E-state index contributed by atoms with van der Waals surface area (Å²) in [4.78, 5) is 31.9. The van der Waals surface area contributed by atoms with E-state index in [0.29, 0.717) is 18.4 Å². The van der Waals surface area contributed by atoms with Crippen molar-refractivity contribution in [3.8, 4) is 0 Å². The fraction of sp³-hybridized carbons (Fsp3) is 0.533. The summed E-state index contributed by atoms with van der Waals surface area (Å²) in [5.74, 6) is -1.34. The number of amides is 1. The van der Waals surface area contributed by atoms with E-state index in [1.807, 2.05) is 7.05 Å². The molecular formula is C15H19N3O4. The Kier molecular flexibility index (Phi) is 3.84. The van der Waals surface area contributed by atoms with Crippen LogP contribution in [0.1, 0.15) is 23.2 Å². The SMILES string of the molecule is CN1CCC2(CC1)OC[C@H](C(=O)O)N2C(=O)c1ccncc1. The molecule has 1 spiro atoms. The van der Waals surface area contributed by atoms with Gasteiger partial charge in [0.15, 0.2) is 6.04 Å². The van der Waals surface area contributed by atoms with E-state index in [1.54, 1.807) is 12.1 Å². The monoisotopic (exact) mass is 305 g/mol. The second-order valence-corrected chi connectivity index (χ2v) is 5.83. The van der Waals surface area contributed by atoms with E-state index in [-0.39, 0.29) is 12.5 Å². The molecule has 1 amide bonds. The molecule has 118 valence electrons. The van der Waals surface area contributed by atoms with E-state index in [2.05, 4.69) is 9.88 Å². The minimum absolute atomic E-state index is 0.0376. The Bertz CT molecular complexity index is 569. The number of aromatic nitrogens is 1. The summed E-state index contributed by atoms with van der Waals surface area (Å²) >= 11 is 0. The predicted molar refractivity (Wildman–Crippen MR) is 77.2 cm³/mol. The van der Waals surface area contributed by atoms with Crippen molar-refractivity contribution in [2.45, 2.75) is 24.6 Å². The Morgan fingerprint density at radius 1 is 1.32 bits per heavy atom. The van der Waals surface area contributed by atoms with Crippen LogP contribution in [0.15, 0.2) is 24.5 Å². The lowest BCUT2D eigenvalue weighted by Crippen LogP contribution is -2.57. The summed E-state index contributed by atoms with van der Waals surface area (Å²) < 4.78 is 5.84. The number of ether oxygens (including phenoxy) is 1. The van der Waals surface area contributed by atoms with Crippen molar-refractivity contribution in [1.82, 2.24) is 14.8 Å². The highest BCUT2D eigenvalue weighted by atomic mass is 16.5. The van der Waals surface area contributed by atoms with E-state index in [4.69, 9.17) is 4.74 Å². The van der Waals surface area contributed by atoms with E-state index in [1.165, 1.54) is 17.3 Å². The van der Waals surface area contributed by atoms with Crippen molar-refractivity contribution in [1.29, 1.82) is 0 Å². The van der Waals surface area contributed by atoms with Gasteiger partial charge < -0.3 is 14.7 Å². The Balaban J connectivity index is 1.94. The Morgan fingerprint density at radius 3 is 2.55 bits per heavy atom. The molecule has 0 unspecified atom stereocenters. The van der Waals surface area contributed by atoms with Crippen LogP contribution in [0.3, 0.4) is 0 Å². The first-order chi connectivity index (χ1) is 10.5. The minimum atomic E-state index is -1.03.